The molecule has 0 amide bonds. The number of halogens is 2. The van der Waals surface area contributed by atoms with Gasteiger partial charge in [0.1, 0.15) is 11.6 Å². The number of benzene rings is 4. The van der Waals surface area contributed by atoms with Gasteiger partial charge in [0, 0.05) is 10.8 Å². The maximum Gasteiger partial charge on any atom is 0.185 e. The Hall–Kier alpha value is -3.36. The quantitative estimate of drug-likeness (QED) is 0.276. The standard InChI is InChI=1S/2C16H13FO2S/c2*17-13-8-6-12(7-9-13)15-10-16(15,11-15)20(18,19)14-4-2-1-3-5-14/h2*1-9H,10-11H2. The molecule has 4 aromatic rings. The summed E-state index contributed by atoms with van der Waals surface area (Å²) in [6.45, 7) is 0. The molecule has 0 saturated heterocycles. The van der Waals surface area contributed by atoms with Crippen LogP contribution in [0.5, 0.6) is 0 Å². The van der Waals surface area contributed by atoms with Gasteiger partial charge in [-0.25, -0.2) is 25.6 Å². The van der Waals surface area contributed by atoms with E-state index in [1.165, 1.54) is 24.3 Å². The monoisotopic (exact) mass is 576 g/mol. The van der Waals surface area contributed by atoms with Crippen LogP contribution < -0.4 is 0 Å². The van der Waals surface area contributed by atoms with Crippen LogP contribution in [0.15, 0.2) is 119 Å². The molecule has 4 fully saturated rings. The van der Waals surface area contributed by atoms with E-state index in [0.717, 1.165) is 11.1 Å². The van der Waals surface area contributed by atoms with Gasteiger partial charge in [-0.1, -0.05) is 60.7 Å². The SMILES string of the molecule is O=S(=O)(c1ccccc1)C12CC1(c1ccc(F)cc1)C2.O=S(=O)(c1ccccc1)C12CC1(c1ccc(F)cc1)C2. The van der Waals surface area contributed by atoms with Gasteiger partial charge in [-0.3, -0.25) is 0 Å². The molecule has 0 aromatic heterocycles. The highest BCUT2D eigenvalue weighted by Crippen LogP contribution is 2.84. The molecule has 0 radical (unpaired) electrons. The molecule has 8 rings (SSSR count). The molecule has 4 saturated carbocycles. The van der Waals surface area contributed by atoms with E-state index >= 15 is 0 Å². The van der Waals surface area contributed by atoms with Crippen LogP contribution in [0, 0.1) is 11.6 Å². The van der Waals surface area contributed by atoms with E-state index in [1.54, 1.807) is 72.8 Å². The minimum absolute atomic E-state index is 0.268. The van der Waals surface area contributed by atoms with E-state index < -0.39 is 29.2 Å². The zero-order chi connectivity index (χ0) is 28.0. The number of fused-ring (bicyclic) bond motifs is 2. The number of hydrogen-bond acceptors (Lipinski definition) is 4. The second-order valence-electron chi connectivity index (χ2n) is 11.5. The van der Waals surface area contributed by atoms with Gasteiger partial charge >= 0.3 is 0 Å². The lowest BCUT2D eigenvalue weighted by Gasteiger charge is -2.05. The molecule has 8 heteroatoms. The Morgan fingerprint density at radius 3 is 1.05 bits per heavy atom. The largest absolute Gasteiger partial charge is 0.223 e. The second-order valence-corrected chi connectivity index (χ2v) is 16.0. The van der Waals surface area contributed by atoms with Crippen molar-refractivity contribution in [2.75, 3.05) is 0 Å². The average Bonchev–Trinajstić information content (AvgIpc) is 3.83. The average molecular weight is 577 g/mol. The first-order valence-electron chi connectivity index (χ1n) is 13.2. The summed E-state index contributed by atoms with van der Waals surface area (Å²) in [5, 5.41) is 0. The molecule has 0 aliphatic heterocycles. The second kappa shape index (κ2) is 8.10. The van der Waals surface area contributed by atoms with Crippen LogP contribution in [0.3, 0.4) is 0 Å². The van der Waals surface area contributed by atoms with E-state index in [-0.39, 0.29) is 22.5 Å². The molecule has 0 spiro atoms. The summed E-state index contributed by atoms with van der Waals surface area (Å²) in [4.78, 5) is 0.781. The molecule has 4 aliphatic carbocycles. The fourth-order valence-corrected chi connectivity index (χ4v) is 11.6. The molecule has 0 heterocycles. The van der Waals surface area contributed by atoms with Crippen LogP contribution in [0.2, 0.25) is 0 Å². The van der Waals surface area contributed by atoms with Crippen molar-refractivity contribution in [1.82, 2.24) is 0 Å². The fourth-order valence-electron chi connectivity index (χ4n) is 6.69. The van der Waals surface area contributed by atoms with Gasteiger partial charge in [0.25, 0.3) is 0 Å². The summed E-state index contributed by atoms with van der Waals surface area (Å²) < 4.78 is 75.6. The molecule has 4 aliphatic rings. The van der Waals surface area contributed by atoms with Gasteiger partial charge in [0.2, 0.25) is 0 Å². The van der Waals surface area contributed by atoms with Crippen LogP contribution in [-0.4, -0.2) is 26.3 Å². The number of hydrogen-bond donors (Lipinski definition) is 0. The first-order chi connectivity index (χ1) is 19.0. The van der Waals surface area contributed by atoms with Crippen molar-refractivity contribution in [2.24, 2.45) is 0 Å². The van der Waals surface area contributed by atoms with Gasteiger partial charge in [0.15, 0.2) is 19.7 Å². The van der Waals surface area contributed by atoms with Crippen LogP contribution in [0.4, 0.5) is 8.78 Å². The molecule has 0 bridgehead atoms. The van der Waals surface area contributed by atoms with E-state index in [0.29, 0.717) is 35.5 Å². The van der Waals surface area contributed by atoms with Crippen molar-refractivity contribution < 1.29 is 25.6 Å². The number of sulfone groups is 2. The van der Waals surface area contributed by atoms with Crippen LogP contribution in [0.25, 0.3) is 0 Å². The minimum Gasteiger partial charge on any atom is -0.223 e. The van der Waals surface area contributed by atoms with Crippen molar-refractivity contribution in [3.05, 3.63) is 132 Å². The maximum atomic E-state index is 13.0. The Balaban J connectivity index is 0.000000132. The summed E-state index contributed by atoms with van der Waals surface area (Å²) in [7, 11) is -6.60. The molecule has 4 nitrogen and oxygen atoms in total. The smallest absolute Gasteiger partial charge is 0.185 e. The third-order valence-electron chi connectivity index (χ3n) is 9.52. The van der Waals surface area contributed by atoms with Gasteiger partial charge in [-0.2, -0.15) is 0 Å². The molecule has 0 atom stereocenters. The zero-order valence-corrected chi connectivity index (χ0v) is 23.1. The van der Waals surface area contributed by atoms with Crippen molar-refractivity contribution in [1.29, 1.82) is 0 Å². The highest BCUT2D eigenvalue weighted by atomic mass is 32.2. The molecule has 4 aromatic carbocycles. The highest BCUT2D eigenvalue weighted by molar-refractivity contribution is 7.94. The topological polar surface area (TPSA) is 68.3 Å². The van der Waals surface area contributed by atoms with Crippen LogP contribution in [0.1, 0.15) is 36.8 Å². The van der Waals surface area contributed by atoms with Crippen molar-refractivity contribution >= 4 is 19.7 Å². The minimum atomic E-state index is -3.30. The van der Waals surface area contributed by atoms with Crippen LogP contribution in [-0.2, 0) is 30.5 Å². The van der Waals surface area contributed by atoms with Gasteiger partial charge in [0.05, 0.1) is 19.3 Å². The third kappa shape index (κ3) is 3.32. The predicted octanol–water partition coefficient (Wildman–Crippen LogP) is 6.17. The van der Waals surface area contributed by atoms with E-state index in [9.17, 15) is 25.6 Å². The van der Waals surface area contributed by atoms with Crippen molar-refractivity contribution in [3.8, 4) is 0 Å². The Labute approximate surface area is 232 Å². The molecule has 0 N–H and O–H groups in total. The fraction of sp³-hybridized carbons (Fsp3) is 0.250. The molecule has 0 unspecified atom stereocenters. The van der Waals surface area contributed by atoms with Crippen molar-refractivity contribution in [3.63, 3.8) is 0 Å². The molecule has 40 heavy (non-hydrogen) atoms. The Morgan fingerprint density at radius 1 is 0.450 bits per heavy atom. The van der Waals surface area contributed by atoms with Gasteiger partial charge in [-0.15, -0.1) is 0 Å². The third-order valence-corrected chi connectivity index (χ3v) is 14.7. The molecular weight excluding hydrogens is 550 g/mol. The summed E-state index contributed by atoms with van der Waals surface area (Å²) >= 11 is 0. The highest BCUT2D eigenvalue weighted by Gasteiger charge is 2.90. The Kier molecular flexibility index (Phi) is 5.19. The molecule has 204 valence electrons. The van der Waals surface area contributed by atoms with Crippen molar-refractivity contribution in [2.45, 2.75) is 55.8 Å². The van der Waals surface area contributed by atoms with E-state index in [2.05, 4.69) is 0 Å². The summed E-state index contributed by atoms with van der Waals surface area (Å²) in [5.74, 6) is -0.578. The first kappa shape index (κ1) is 25.6. The summed E-state index contributed by atoms with van der Waals surface area (Å²) in [5.41, 5.74) is 1.35. The first-order valence-corrected chi connectivity index (χ1v) is 16.1. The Morgan fingerprint density at radius 2 is 0.750 bits per heavy atom. The van der Waals surface area contributed by atoms with E-state index in [4.69, 9.17) is 0 Å². The van der Waals surface area contributed by atoms with E-state index in [1.807, 2.05) is 12.1 Å². The normalized spacial score (nSPS) is 30.6. The van der Waals surface area contributed by atoms with Gasteiger partial charge < -0.3 is 0 Å². The number of rotatable bonds is 6. The van der Waals surface area contributed by atoms with Crippen LogP contribution >= 0.6 is 0 Å². The lowest BCUT2D eigenvalue weighted by molar-refractivity contribution is 0.586. The predicted molar refractivity (Wildman–Crippen MR) is 147 cm³/mol. The maximum absolute atomic E-state index is 13.0. The van der Waals surface area contributed by atoms with Gasteiger partial charge in [-0.05, 0) is 85.3 Å². The Bertz CT molecular complexity index is 1680. The zero-order valence-electron chi connectivity index (χ0n) is 21.4. The lowest BCUT2D eigenvalue weighted by atomic mass is 10.0. The molecular formula is C32H26F2O4S2. The summed E-state index contributed by atoms with van der Waals surface area (Å²) in [6.07, 6.45) is 2.62. The lowest BCUT2D eigenvalue weighted by Crippen LogP contribution is -2.14. The summed E-state index contributed by atoms with van der Waals surface area (Å²) in [6, 6.07) is 29.7.